The highest BCUT2D eigenvalue weighted by atomic mass is 16.5. The van der Waals surface area contributed by atoms with Crippen molar-refractivity contribution in [3.8, 4) is 5.75 Å². The van der Waals surface area contributed by atoms with Gasteiger partial charge in [0.15, 0.2) is 0 Å². The van der Waals surface area contributed by atoms with E-state index in [1.54, 1.807) is 25.3 Å². The second kappa shape index (κ2) is 7.50. The van der Waals surface area contributed by atoms with Crippen molar-refractivity contribution in [2.45, 2.75) is 25.7 Å². The Balaban J connectivity index is 1.49. The van der Waals surface area contributed by atoms with E-state index >= 15 is 0 Å². The van der Waals surface area contributed by atoms with Crippen molar-refractivity contribution in [1.82, 2.24) is 9.80 Å². The topological polar surface area (TPSA) is 61.9 Å². The van der Waals surface area contributed by atoms with Crippen LogP contribution in [0.5, 0.6) is 5.75 Å². The van der Waals surface area contributed by atoms with E-state index in [9.17, 15) is 9.59 Å². The molecule has 3 fully saturated rings. The Morgan fingerprint density at radius 1 is 1.11 bits per heavy atom. The summed E-state index contributed by atoms with van der Waals surface area (Å²) in [5.41, 5.74) is 1.20. The van der Waals surface area contributed by atoms with E-state index in [2.05, 4.69) is 17.3 Å². The molecule has 3 atom stereocenters. The number of carbonyl (C=O) groups is 2. The SMILES string of the molecule is COc1ccc(C(=O)N2CCN(C)CC2)cc1NC(=O)C1CC2CCC1C2. The monoisotopic (exact) mass is 371 g/mol. The molecule has 6 heteroatoms. The van der Waals surface area contributed by atoms with Crippen molar-refractivity contribution < 1.29 is 14.3 Å². The van der Waals surface area contributed by atoms with E-state index in [1.807, 2.05) is 4.90 Å². The maximum Gasteiger partial charge on any atom is 0.254 e. The molecule has 3 aliphatic rings. The van der Waals surface area contributed by atoms with Gasteiger partial charge in [-0.05, 0) is 56.3 Å². The first-order chi connectivity index (χ1) is 13.0. The summed E-state index contributed by atoms with van der Waals surface area (Å²) in [6, 6.07) is 5.33. The molecule has 2 aliphatic carbocycles. The van der Waals surface area contributed by atoms with Crippen LogP contribution in [-0.4, -0.2) is 62.0 Å². The number of ether oxygens (including phenoxy) is 1. The van der Waals surface area contributed by atoms with Crippen molar-refractivity contribution in [3.63, 3.8) is 0 Å². The van der Waals surface area contributed by atoms with Crippen LogP contribution in [0.3, 0.4) is 0 Å². The number of hydrogen-bond acceptors (Lipinski definition) is 4. The average molecular weight is 371 g/mol. The molecule has 1 N–H and O–H groups in total. The van der Waals surface area contributed by atoms with Gasteiger partial charge in [0.1, 0.15) is 5.75 Å². The lowest BCUT2D eigenvalue weighted by Crippen LogP contribution is -2.47. The first kappa shape index (κ1) is 18.3. The number of nitrogens with zero attached hydrogens (tertiary/aromatic N) is 2. The first-order valence-electron chi connectivity index (χ1n) is 10.0. The molecule has 0 radical (unpaired) electrons. The maximum absolute atomic E-state index is 12.9. The zero-order chi connectivity index (χ0) is 19.0. The van der Waals surface area contributed by atoms with Crippen LogP contribution in [-0.2, 0) is 4.79 Å². The number of rotatable bonds is 4. The minimum atomic E-state index is 0.0150. The van der Waals surface area contributed by atoms with Crippen molar-refractivity contribution in [3.05, 3.63) is 23.8 Å². The second-order valence-electron chi connectivity index (χ2n) is 8.28. The molecule has 146 valence electrons. The maximum atomic E-state index is 12.9. The number of nitrogens with one attached hydrogen (secondary N) is 1. The van der Waals surface area contributed by atoms with Crippen LogP contribution in [0.25, 0.3) is 0 Å². The zero-order valence-corrected chi connectivity index (χ0v) is 16.2. The Morgan fingerprint density at radius 2 is 1.89 bits per heavy atom. The van der Waals surface area contributed by atoms with Crippen molar-refractivity contribution in [1.29, 1.82) is 0 Å². The standard InChI is InChI=1S/C21H29N3O3/c1-23-7-9-24(10-8-23)21(26)16-5-6-19(27-2)18(13-16)22-20(25)17-12-14-3-4-15(17)11-14/h5-6,13-15,17H,3-4,7-12H2,1-2H3,(H,22,25). The van der Waals surface area contributed by atoms with Crippen LogP contribution in [0.1, 0.15) is 36.0 Å². The third-order valence-corrected chi connectivity index (χ3v) is 6.57. The molecule has 6 nitrogen and oxygen atoms in total. The second-order valence-corrected chi connectivity index (χ2v) is 8.28. The third kappa shape index (κ3) is 3.68. The Morgan fingerprint density at radius 3 is 2.52 bits per heavy atom. The molecule has 27 heavy (non-hydrogen) atoms. The molecule has 1 aliphatic heterocycles. The van der Waals surface area contributed by atoms with Gasteiger partial charge in [-0.2, -0.15) is 0 Å². The predicted molar refractivity (Wildman–Crippen MR) is 104 cm³/mol. The third-order valence-electron chi connectivity index (χ3n) is 6.57. The van der Waals surface area contributed by atoms with Gasteiger partial charge in [0, 0.05) is 37.7 Å². The molecule has 0 aromatic heterocycles. The molecule has 0 spiro atoms. The van der Waals surface area contributed by atoms with Gasteiger partial charge in [0.25, 0.3) is 5.91 Å². The lowest BCUT2D eigenvalue weighted by molar-refractivity contribution is -0.121. The van der Waals surface area contributed by atoms with Gasteiger partial charge in [0.2, 0.25) is 5.91 Å². The van der Waals surface area contributed by atoms with Crippen molar-refractivity contribution >= 4 is 17.5 Å². The quantitative estimate of drug-likeness (QED) is 0.883. The van der Waals surface area contributed by atoms with Gasteiger partial charge < -0.3 is 19.9 Å². The number of piperazine rings is 1. The molecule has 3 unspecified atom stereocenters. The van der Waals surface area contributed by atoms with Crippen LogP contribution < -0.4 is 10.1 Å². The molecule has 2 amide bonds. The fourth-order valence-electron chi connectivity index (χ4n) is 4.92. The molecule has 1 aromatic rings. The number of likely N-dealkylation sites (N-methyl/N-ethyl adjacent to an activating group) is 1. The number of anilines is 1. The highest BCUT2D eigenvalue weighted by Gasteiger charge is 2.43. The van der Waals surface area contributed by atoms with Crippen molar-refractivity contribution in [2.24, 2.45) is 17.8 Å². The summed E-state index contributed by atoms with van der Waals surface area (Å²) < 4.78 is 5.42. The van der Waals surface area contributed by atoms with Gasteiger partial charge in [-0.15, -0.1) is 0 Å². The largest absolute Gasteiger partial charge is 0.495 e. The molecule has 4 rings (SSSR count). The number of carbonyl (C=O) groups excluding carboxylic acids is 2. The summed E-state index contributed by atoms with van der Waals surface area (Å²) in [5.74, 6) is 2.03. The number of fused-ring (bicyclic) bond motifs is 2. The van der Waals surface area contributed by atoms with Gasteiger partial charge in [-0.1, -0.05) is 6.42 Å². The zero-order valence-electron chi connectivity index (χ0n) is 16.2. The minimum absolute atomic E-state index is 0.0150. The number of benzene rings is 1. The van der Waals surface area contributed by atoms with E-state index in [-0.39, 0.29) is 17.7 Å². The summed E-state index contributed by atoms with van der Waals surface area (Å²) in [6.07, 6.45) is 4.63. The number of hydrogen-bond donors (Lipinski definition) is 1. The van der Waals surface area contributed by atoms with Crippen LogP contribution in [0.2, 0.25) is 0 Å². The predicted octanol–water partition coefficient (Wildman–Crippen LogP) is 2.46. The summed E-state index contributed by atoms with van der Waals surface area (Å²) in [7, 11) is 3.66. The molecular weight excluding hydrogens is 342 g/mol. The molecular formula is C21H29N3O3. The summed E-state index contributed by atoms with van der Waals surface area (Å²) in [4.78, 5) is 29.8. The van der Waals surface area contributed by atoms with Crippen LogP contribution in [0.15, 0.2) is 18.2 Å². The van der Waals surface area contributed by atoms with Crippen LogP contribution >= 0.6 is 0 Å². The lowest BCUT2D eigenvalue weighted by Gasteiger charge is -2.32. The summed E-state index contributed by atoms with van der Waals surface area (Å²) >= 11 is 0. The van der Waals surface area contributed by atoms with Crippen molar-refractivity contribution in [2.75, 3.05) is 45.7 Å². The fourth-order valence-corrected chi connectivity index (χ4v) is 4.92. The van der Waals surface area contributed by atoms with E-state index in [4.69, 9.17) is 4.74 Å². The van der Waals surface area contributed by atoms with E-state index in [0.29, 0.717) is 22.9 Å². The van der Waals surface area contributed by atoms with Gasteiger partial charge in [-0.25, -0.2) is 0 Å². The molecule has 1 heterocycles. The number of methoxy groups -OCH3 is 1. The molecule has 2 saturated carbocycles. The average Bonchev–Trinajstić information content (AvgIpc) is 3.31. The first-order valence-corrected chi connectivity index (χ1v) is 10.0. The molecule has 2 bridgehead atoms. The Hall–Kier alpha value is -2.08. The summed E-state index contributed by atoms with van der Waals surface area (Å²) in [6.45, 7) is 3.23. The van der Waals surface area contributed by atoms with Crippen LogP contribution in [0, 0.1) is 17.8 Å². The fraction of sp³-hybridized carbons (Fsp3) is 0.619. The lowest BCUT2D eigenvalue weighted by atomic mass is 9.88. The number of amides is 2. The summed E-state index contributed by atoms with van der Waals surface area (Å²) in [5, 5.41) is 3.05. The Labute approximate surface area is 160 Å². The Kier molecular flexibility index (Phi) is 5.08. The highest BCUT2D eigenvalue weighted by Crippen LogP contribution is 2.48. The smallest absolute Gasteiger partial charge is 0.254 e. The molecule has 1 saturated heterocycles. The van der Waals surface area contributed by atoms with E-state index in [1.165, 1.54) is 19.3 Å². The highest BCUT2D eigenvalue weighted by molar-refractivity contribution is 5.99. The van der Waals surface area contributed by atoms with Crippen LogP contribution in [0.4, 0.5) is 5.69 Å². The van der Waals surface area contributed by atoms with E-state index in [0.717, 1.165) is 38.5 Å². The van der Waals surface area contributed by atoms with Gasteiger partial charge >= 0.3 is 0 Å². The van der Waals surface area contributed by atoms with E-state index < -0.39 is 0 Å². The molecule has 1 aromatic carbocycles. The Bertz CT molecular complexity index is 727. The minimum Gasteiger partial charge on any atom is -0.495 e. The normalized spacial score (nSPS) is 27.6. The van der Waals surface area contributed by atoms with Gasteiger partial charge in [-0.3, -0.25) is 9.59 Å². The van der Waals surface area contributed by atoms with Gasteiger partial charge in [0.05, 0.1) is 12.8 Å².